The van der Waals surface area contributed by atoms with Gasteiger partial charge in [-0.2, -0.15) is 0 Å². The molecule has 112 valence electrons. The molecule has 4 rings (SSSR count). The highest BCUT2D eigenvalue weighted by molar-refractivity contribution is 9.09. The molecule has 0 radical (unpaired) electrons. The molecule has 1 aliphatic rings. The van der Waals surface area contributed by atoms with Crippen LogP contribution in [0.2, 0.25) is 0 Å². The zero-order valence-electron chi connectivity index (χ0n) is 12.3. The monoisotopic (exact) mass is 355 g/mol. The van der Waals surface area contributed by atoms with Crippen LogP contribution >= 0.6 is 15.9 Å². The fourth-order valence-corrected chi connectivity index (χ4v) is 4.11. The number of nitrogens with one attached hydrogen (secondary N) is 2. The first kappa shape index (κ1) is 14.0. The Bertz CT molecular complexity index is 796. The molecule has 0 spiro atoms. The molecule has 3 aromatic rings. The first-order chi connectivity index (χ1) is 10.8. The van der Waals surface area contributed by atoms with Gasteiger partial charge in [0.2, 0.25) is 0 Å². The minimum absolute atomic E-state index is 0.185. The van der Waals surface area contributed by atoms with Crippen molar-refractivity contribution < 1.29 is 0 Å². The van der Waals surface area contributed by atoms with Crippen molar-refractivity contribution in [1.82, 2.24) is 15.3 Å². The molecule has 2 aromatic heterocycles. The highest BCUT2D eigenvalue weighted by atomic mass is 79.9. The molecule has 0 saturated heterocycles. The number of H-pyrrole nitrogens is 1. The molecular weight excluding hydrogens is 338 g/mol. The number of benzene rings is 1. The van der Waals surface area contributed by atoms with Crippen molar-refractivity contribution in [3.63, 3.8) is 0 Å². The number of aromatic amines is 1. The third-order valence-corrected chi connectivity index (χ3v) is 5.53. The third-order valence-electron chi connectivity index (χ3n) is 4.45. The summed E-state index contributed by atoms with van der Waals surface area (Å²) in [4.78, 5) is 7.80. The minimum atomic E-state index is -0.185. The summed E-state index contributed by atoms with van der Waals surface area (Å²) in [5, 5.41) is 5.03. The topological polar surface area (TPSA) is 40.7 Å². The predicted molar refractivity (Wildman–Crippen MR) is 92.9 cm³/mol. The Labute approximate surface area is 138 Å². The van der Waals surface area contributed by atoms with Crippen molar-refractivity contribution in [3.8, 4) is 0 Å². The number of fused-ring (bicyclic) bond motifs is 3. The van der Waals surface area contributed by atoms with Gasteiger partial charge in [-0.25, -0.2) is 0 Å². The summed E-state index contributed by atoms with van der Waals surface area (Å²) in [7, 11) is 0. The second-order valence-corrected chi connectivity index (χ2v) is 7.25. The van der Waals surface area contributed by atoms with E-state index in [1.165, 1.54) is 34.1 Å². The molecule has 0 saturated carbocycles. The number of aromatic nitrogens is 2. The van der Waals surface area contributed by atoms with Gasteiger partial charge in [0.1, 0.15) is 4.45 Å². The number of aryl methyl sites for hydroxylation is 1. The molecule has 1 aliphatic carbocycles. The Hall–Kier alpha value is -1.65. The highest BCUT2D eigenvalue weighted by Crippen LogP contribution is 2.42. The van der Waals surface area contributed by atoms with Crippen molar-refractivity contribution in [1.29, 1.82) is 0 Å². The number of rotatable bonds is 3. The Kier molecular flexibility index (Phi) is 3.51. The van der Waals surface area contributed by atoms with E-state index in [4.69, 9.17) is 0 Å². The average molecular weight is 356 g/mol. The number of hydrogen-bond acceptors (Lipinski definition) is 2. The molecular formula is C18H18BrN3. The van der Waals surface area contributed by atoms with E-state index in [1.54, 1.807) is 0 Å². The number of hydrogen-bond donors (Lipinski definition) is 2. The normalized spacial score (nSPS) is 21.0. The van der Waals surface area contributed by atoms with Crippen molar-refractivity contribution in [2.75, 3.05) is 0 Å². The third kappa shape index (κ3) is 2.36. The largest absolute Gasteiger partial charge is 0.356 e. The smallest absolute Gasteiger partial charge is 0.115 e. The average Bonchev–Trinajstić information content (AvgIpc) is 2.95. The lowest BCUT2D eigenvalue weighted by Crippen LogP contribution is -2.39. The molecule has 3 nitrogen and oxygen atoms in total. The summed E-state index contributed by atoms with van der Waals surface area (Å²) in [5.41, 5.74) is 5.15. The van der Waals surface area contributed by atoms with Crippen LogP contribution in [-0.2, 0) is 17.4 Å². The van der Waals surface area contributed by atoms with E-state index < -0.39 is 0 Å². The second-order valence-electron chi connectivity index (χ2n) is 5.89. The van der Waals surface area contributed by atoms with Gasteiger partial charge in [-0.05, 0) is 42.5 Å². The van der Waals surface area contributed by atoms with Gasteiger partial charge in [-0.1, -0.05) is 40.2 Å². The molecule has 22 heavy (non-hydrogen) atoms. The zero-order valence-corrected chi connectivity index (χ0v) is 13.9. The van der Waals surface area contributed by atoms with Crippen molar-refractivity contribution >= 4 is 26.8 Å². The summed E-state index contributed by atoms with van der Waals surface area (Å²) in [5.74, 6) is 0. The van der Waals surface area contributed by atoms with Gasteiger partial charge in [-0.15, -0.1) is 0 Å². The maximum Gasteiger partial charge on any atom is 0.115 e. The van der Waals surface area contributed by atoms with Crippen molar-refractivity contribution in [2.45, 2.75) is 30.3 Å². The zero-order chi connectivity index (χ0) is 15.0. The van der Waals surface area contributed by atoms with E-state index in [0.717, 1.165) is 19.4 Å². The minimum Gasteiger partial charge on any atom is -0.356 e. The molecule has 1 aromatic carbocycles. The predicted octanol–water partition coefficient (Wildman–Crippen LogP) is 4.24. The fraction of sp³-hybridized carbons (Fsp3) is 0.278. The molecule has 1 atom stereocenters. The van der Waals surface area contributed by atoms with E-state index >= 15 is 0 Å². The van der Waals surface area contributed by atoms with E-state index in [1.807, 2.05) is 18.5 Å². The molecule has 1 unspecified atom stereocenters. The molecule has 0 aliphatic heterocycles. The van der Waals surface area contributed by atoms with Gasteiger partial charge in [0.05, 0.1) is 5.69 Å². The Morgan fingerprint density at radius 3 is 3.00 bits per heavy atom. The summed E-state index contributed by atoms with van der Waals surface area (Å²) in [6, 6.07) is 12.7. The van der Waals surface area contributed by atoms with Gasteiger partial charge in [0.25, 0.3) is 0 Å². The van der Waals surface area contributed by atoms with Crippen LogP contribution < -0.4 is 5.32 Å². The van der Waals surface area contributed by atoms with Crippen LogP contribution in [0.3, 0.4) is 0 Å². The number of nitrogens with zero attached hydrogens (tertiary/aromatic N) is 1. The van der Waals surface area contributed by atoms with Crippen molar-refractivity contribution in [3.05, 3.63) is 65.6 Å². The highest BCUT2D eigenvalue weighted by Gasteiger charge is 2.36. The van der Waals surface area contributed by atoms with Crippen LogP contribution in [0.5, 0.6) is 0 Å². The molecule has 2 heterocycles. The van der Waals surface area contributed by atoms with Crippen LogP contribution in [0.15, 0.2) is 48.8 Å². The van der Waals surface area contributed by atoms with Crippen molar-refractivity contribution in [2.24, 2.45) is 0 Å². The van der Waals surface area contributed by atoms with Gasteiger partial charge in [-0.3, -0.25) is 10.3 Å². The Morgan fingerprint density at radius 1 is 1.23 bits per heavy atom. The number of para-hydroxylation sites is 1. The lowest BCUT2D eigenvalue weighted by molar-refractivity contribution is 0.416. The lowest BCUT2D eigenvalue weighted by Gasteiger charge is -2.33. The van der Waals surface area contributed by atoms with Gasteiger partial charge >= 0.3 is 0 Å². The lowest BCUT2D eigenvalue weighted by atomic mass is 9.91. The summed E-state index contributed by atoms with van der Waals surface area (Å²) in [6.45, 7) is 0.799. The second kappa shape index (κ2) is 5.52. The maximum atomic E-state index is 4.19. The number of alkyl halides is 1. The van der Waals surface area contributed by atoms with Gasteiger partial charge in [0, 0.05) is 29.8 Å². The number of pyridine rings is 1. The summed E-state index contributed by atoms with van der Waals surface area (Å²) in [6.07, 6.45) is 7.12. The van der Waals surface area contributed by atoms with E-state index in [0.29, 0.717) is 0 Å². The van der Waals surface area contributed by atoms with Crippen LogP contribution in [0.25, 0.3) is 10.9 Å². The summed E-state index contributed by atoms with van der Waals surface area (Å²) >= 11 is 3.97. The van der Waals surface area contributed by atoms with Crippen LogP contribution in [0, 0.1) is 0 Å². The molecule has 0 amide bonds. The fourth-order valence-electron chi connectivity index (χ4n) is 3.35. The first-order valence-electron chi connectivity index (χ1n) is 7.69. The van der Waals surface area contributed by atoms with Crippen LogP contribution in [0.1, 0.15) is 29.7 Å². The molecule has 2 N–H and O–H groups in total. The maximum absolute atomic E-state index is 4.19. The quantitative estimate of drug-likeness (QED) is 0.545. The molecule has 0 fully saturated rings. The van der Waals surface area contributed by atoms with E-state index in [9.17, 15) is 0 Å². The molecule has 0 bridgehead atoms. The van der Waals surface area contributed by atoms with E-state index in [2.05, 4.69) is 61.5 Å². The summed E-state index contributed by atoms with van der Waals surface area (Å²) < 4.78 is -0.185. The van der Waals surface area contributed by atoms with Gasteiger partial charge < -0.3 is 4.98 Å². The van der Waals surface area contributed by atoms with Crippen LogP contribution in [-0.4, -0.2) is 9.97 Å². The van der Waals surface area contributed by atoms with E-state index in [-0.39, 0.29) is 4.45 Å². The Balaban J connectivity index is 1.68. The first-order valence-corrected chi connectivity index (χ1v) is 8.48. The Morgan fingerprint density at radius 2 is 2.14 bits per heavy atom. The number of halogens is 1. The standard InChI is InChI=1S/C18H18BrN3/c19-18(21-12-13-5-4-10-20-11-13)9-3-7-15-14-6-1-2-8-16(14)22-17(15)18/h1-2,4-6,8,10-11,21-22H,3,7,9,12H2. The van der Waals surface area contributed by atoms with Gasteiger partial charge in [0.15, 0.2) is 0 Å². The van der Waals surface area contributed by atoms with Crippen LogP contribution in [0.4, 0.5) is 0 Å². The molecule has 4 heteroatoms. The SMILES string of the molecule is BrC1(NCc2cccnc2)CCCc2c1[nH]c1ccccc21.